The summed E-state index contributed by atoms with van der Waals surface area (Å²) >= 11 is 0. The zero-order valence-electron chi connectivity index (χ0n) is 9.57. The summed E-state index contributed by atoms with van der Waals surface area (Å²) in [5.74, 6) is 0. The van der Waals surface area contributed by atoms with Gasteiger partial charge < -0.3 is 4.98 Å². The third kappa shape index (κ3) is 12.2. The van der Waals surface area contributed by atoms with Gasteiger partial charge in [0.1, 0.15) is 0 Å². The molecule has 0 amide bonds. The monoisotopic (exact) mass is 201 g/mol. The first kappa shape index (κ1) is 13.2. The Morgan fingerprint density at radius 1 is 0.846 bits per heavy atom. The van der Waals surface area contributed by atoms with Crippen LogP contribution in [-0.2, 0) is 0 Å². The van der Waals surface area contributed by atoms with Crippen molar-refractivity contribution in [3.63, 3.8) is 0 Å². The molecule has 0 aromatic heterocycles. The molecule has 0 bridgehead atoms. The van der Waals surface area contributed by atoms with Crippen LogP contribution in [0.4, 0.5) is 0 Å². The summed E-state index contributed by atoms with van der Waals surface area (Å²) in [6.07, 6.45) is 11.6. The van der Waals surface area contributed by atoms with Crippen molar-refractivity contribution in [1.82, 2.24) is 4.98 Å². The van der Waals surface area contributed by atoms with E-state index in [4.69, 9.17) is 0 Å². The van der Waals surface area contributed by atoms with Crippen molar-refractivity contribution in [2.45, 2.75) is 64.3 Å². The van der Waals surface area contributed by atoms with Crippen LogP contribution >= 0.6 is 0 Å². The number of rotatable bonds is 10. The van der Waals surface area contributed by atoms with Crippen molar-refractivity contribution in [2.24, 2.45) is 0 Å². The number of unbranched alkanes of at least 4 members (excludes halogenated alkanes) is 7. The number of hydrogen-bond donors (Lipinski definition) is 1. The highest BCUT2D eigenvalue weighted by Crippen LogP contribution is 2.09. The topological polar surface area (TPSA) is 12.0 Å². The average Bonchev–Trinajstić information content (AvgIpc) is 2.16. The van der Waals surface area contributed by atoms with Crippen LogP contribution in [0.5, 0.6) is 0 Å². The molecule has 0 spiro atoms. The van der Waals surface area contributed by atoms with Crippen LogP contribution in [0.3, 0.4) is 0 Å². The standard InChI is InChI=1S/C11H27NSi/c1-3-4-5-6-7-8-9-10-11-13-12-2/h12H,3-11,13H2,1-2H3. The lowest BCUT2D eigenvalue weighted by molar-refractivity contribution is 0.584. The predicted octanol–water partition coefficient (Wildman–Crippen LogP) is 2.85. The Bertz CT molecular complexity index is 76.2. The lowest BCUT2D eigenvalue weighted by Gasteiger charge is -2.00. The van der Waals surface area contributed by atoms with E-state index in [2.05, 4.69) is 19.0 Å². The lowest BCUT2D eigenvalue weighted by atomic mass is 10.1. The van der Waals surface area contributed by atoms with Crippen LogP contribution < -0.4 is 4.98 Å². The number of hydrogen-bond acceptors (Lipinski definition) is 1. The Morgan fingerprint density at radius 2 is 1.38 bits per heavy atom. The Morgan fingerprint density at radius 3 is 1.92 bits per heavy atom. The van der Waals surface area contributed by atoms with Crippen molar-refractivity contribution in [2.75, 3.05) is 7.05 Å². The minimum absolute atomic E-state index is 0.124. The van der Waals surface area contributed by atoms with Crippen molar-refractivity contribution in [3.8, 4) is 0 Å². The second kappa shape index (κ2) is 12.2. The van der Waals surface area contributed by atoms with E-state index in [1.807, 2.05) is 0 Å². The van der Waals surface area contributed by atoms with Crippen molar-refractivity contribution in [1.29, 1.82) is 0 Å². The molecule has 0 aromatic carbocycles. The molecule has 0 unspecified atom stereocenters. The summed E-state index contributed by atoms with van der Waals surface area (Å²) in [6.45, 7) is 2.28. The highest BCUT2D eigenvalue weighted by atomic mass is 28.2. The third-order valence-electron chi connectivity index (χ3n) is 2.53. The summed E-state index contributed by atoms with van der Waals surface area (Å²) in [7, 11) is 2.22. The van der Waals surface area contributed by atoms with Gasteiger partial charge >= 0.3 is 0 Å². The molecule has 1 nitrogen and oxygen atoms in total. The van der Waals surface area contributed by atoms with Gasteiger partial charge in [0.15, 0.2) is 0 Å². The molecule has 80 valence electrons. The molecular formula is C11H27NSi. The van der Waals surface area contributed by atoms with E-state index in [1.165, 1.54) is 57.4 Å². The first-order valence-electron chi connectivity index (χ1n) is 6.06. The van der Waals surface area contributed by atoms with Crippen LogP contribution in [0.2, 0.25) is 6.04 Å². The quantitative estimate of drug-likeness (QED) is 0.423. The van der Waals surface area contributed by atoms with Gasteiger partial charge in [-0.1, -0.05) is 58.3 Å². The summed E-state index contributed by atoms with van der Waals surface area (Å²) in [5, 5.41) is 0. The van der Waals surface area contributed by atoms with Gasteiger partial charge in [-0.15, -0.1) is 0 Å². The first-order valence-corrected chi connectivity index (χ1v) is 7.77. The van der Waals surface area contributed by atoms with E-state index in [9.17, 15) is 0 Å². The van der Waals surface area contributed by atoms with Crippen LogP contribution in [0.25, 0.3) is 0 Å². The molecule has 0 radical (unpaired) electrons. The van der Waals surface area contributed by atoms with Gasteiger partial charge in [0.2, 0.25) is 0 Å². The maximum atomic E-state index is 3.33. The molecule has 1 N–H and O–H groups in total. The van der Waals surface area contributed by atoms with Gasteiger partial charge in [0, 0.05) is 0 Å². The summed E-state index contributed by atoms with van der Waals surface area (Å²) in [5.41, 5.74) is 0. The fraction of sp³-hybridized carbons (Fsp3) is 1.00. The third-order valence-corrected chi connectivity index (χ3v) is 3.88. The highest BCUT2D eigenvalue weighted by molar-refractivity contribution is 6.31. The minimum atomic E-state index is 0.124. The largest absolute Gasteiger partial charge is 0.345 e. The SMILES string of the molecule is CCCCCCCCCC[SiH2]NC. The van der Waals surface area contributed by atoms with Crippen molar-refractivity contribution < 1.29 is 0 Å². The maximum absolute atomic E-state index is 3.33. The molecule has 0 aliphatic heterocycles. The molecule has 0 fully saturated rings. The fourth-order valence-electron chi connectivity index (χ4n) is 1.61. The Kier molecular flexibility index (Phi) is 12.3. The first-order chi connectivity index (χ1) is 6.41. The molecule has 0 atom stereocenters. The summed E-state index contributed by atoms with van der Waals surface area (Å²) in [4.78, 5) is 3.33. The summed E-state index contributed by atoms with van der Waals surface area (Å²) in [6, 6.07) is 1.49. The second-order valence-corrected chi connectivity index (χ2v) is 5.85. The van der Waals surface area contributed by atoms with Crippen LogP contribution in [0.15, 0.2) is 0 Å². The smallest absolute Gasteiger partial charge is 0.0913 e. The fourth-order valence-corrected chi connectivity index (χ4v) is 2.57. The van der Waals surface area contributed by atoms with Gasteiger partial charge in [-0.25, -0.2) is 0 Å². The molecule has 2 heteroatoms. The molecule has 0 aliphatic carbocycles. The normalized spacial score (nSPS) is 11.5. The van der Waals surface area contributed by atoms with Crippen molar-refractivity contribution >= 4 is 9.68 Å². The molecule has 0 heterocycles. The van der Waals surface area contributed by atoms with E-state index in [0.29, 0.717) is 0 Å². The Labute approximate surface area is 86.6 Å². The highest BCUT2D eigenvalue weighted by Gasteiger charge is 1.91. The van der Waals surface area contributed by atoms with Gasteiger partial charge in [-0.2, -0.15) is 0 Å². The van der Waals surface area contributed by atoms with E-state index < -0.39 is 0 Å². The molecule has 0 saturated heterocycles. The van der Waals surface area contributed by atoms with E-state index in [-0.39, 0.29) is 9.68 Å². The Balaban J connectivity index is 2.76. The van der Waals surface area contributed by atoms with Crippen LogP contribution in [-0.4, -0.2) is 16.7 Å². The van der Waals surface area contributed by atoms with Gasteiger partial charge in [-0.05, 0) is 13.1 Å². The van der Waals surface area contributed by atoms with Gasteiger partial charge in [0.05, 0.1) is 9.68 Å². The van der Waals surface area contributed by atoms with Crippen LogP contribution in [0, 0.1) is 0 Å². The average molecular weight is 201 g/mol. The summed E-state index contributed by atoms with van der Waals surface area (Å²) < 4.78 is 0. The van der Waals surface area contributed by atoms with E-state index in [0.717, 1.165) is 0 Å². The zero-order valence-corrected chi connectivity index (χ0v) is 11.0. The minimum Gasteiger partial charge on any atom is -0.345 e. The van der Waals surface area contributed by atoms with Crippen molar-refractivity contribution in [3.05, 3.63) is 0 Å². The van der Waals surface area contributed by atoms with E-state index in [1.54, 1.807) is 0 Å². The molecule has 0 aliphatic rings. The van der Waals surface area contributed by atoms with Crippen LogP contribution in [0.1, 0.15) is 58.3 Å². The van der Waals surface area contributed by atoms with E-state index >= 15 is 0 Å². The molecular weight excluding hydrogens is 174 g/mol. The predicted molar refractivity (Wildman–Crippen MR) is 65.0 cm³/mol. The number of nitrogens with one attached hydrogen (secondary N) is 1. The molecule has 0 aromatic rings. The lowest BCUT2D eigenvalue weighted by Crippen LogP contribution is -2.11. The molecule has 0 saturated carbocycles. The van der Waals surface area contributed by atoms with Gasteiger partial charge in [0.25, 0.3) is 0 Å². The molecule has 0 rings (SSSR count). The van der Waals surface area contributed by atoms with Gasteiger partial charge in [-0.3, -0.25) is 0 Å². The Hall–Kier alpha value is 0.177. The molecule has 13 heavy (non-hydrogen) atoms. The maximum Gasteiger partial charge on any atom is 0.0913 e. The second-order valence-electron chi connectivity index (χ2n) is 3.93. The zero-order chi connectivity index (χ0) is 9.78.